The van der Waals surface area contributed by atoms with Crippen molar-refractivity contribution in [2.45, 2.75) is 18.4 Å². The van der Waals surface area contributed by atoms with Crippen LogP contribution in [0, 0.1) is 0 Å². The highest BCUT2D eigenvalue weighted by Gasteiger charge is 2.23. The number of hydrogen-bond acceptors (Lipinski definition) is 4. The van der Waals surface area contributed by atoms with Crippen molar-refractivity contribution in [3.63, 3.8) is 0 Å². The number of nitrogens with zero attached hydrogens (tertiary/aromatic N) is 1. The third-order valence-electron chi connectivity index (χ3n) is 3.35. The zero-order valence-electron chi connectivity index (χ0n) is 9.89. The van der Waals surface area contributed by atoms with Crippen LogP contribution < -0.4 is 10.9 Å². The average molecular weight is 245 g/mol. The highest BCUT2D eigenvalue weighted by atomic mass is 16.3. The number of nitrogens with one attached hydrogen (secondary N) is 2. The molecule has 0 spiro atoms. The average Bonchev–Trinajstić information content (AvgIpc) is 2.39. The van der Waals surface area contributed by atoms with Crippen LogP contribution in [0.3, 0.4) is 0 Å². The van der Waals surface area contributed by atoms with Crippen LogP contribution in [-0.2, 0) is 0 Å². The predicted molar refractivity (Wildman–Crippen MR) is 68.6 cm³/mol. The molecule has 0 amide bonds. The van der Waals surface area contributed by atoms with Gasteiger partial charge in [-0.2, -0.15) is 0 Å². The number of rotatable bonds is 1. The second-order valence-corrected chi connectivity index (χ2v) is 4.71. The molecular formula is C13H15N3O2. The molecular weight excluding hydrogens is 230 g/mol. The molecule has 0 radical (unpaired) electrons. The molecule has 0 bridgehead atoms. The third-order valence-corrected chi connectivity index (χ3v) is 3.35. The summed E-state index contributed by atoms with van der Waals surface area (Å²) in [5, 5.41) is 13.4. The molecule has 1 aromatic heterocycles. The van der Waals surface area contributed by atoms with Gasteiger partial charge in [0.1, 0.15) is 5.82 Å². The van der Waals surface area contributed by atoms with Crippen molar-refractivity contribution in [1.29, 1.82) is 0 Å². The summed E-state index contributed by atoms with van der Waals surface area (Å²) < 4.78 is 0. The SMILES string of the molecule is O=c1[nH]c([C@H]2CNC[C@H](O)C2)nc2ccccc12. The Morgan fingerprint density at radius 2 is 2.11 bits per heavy atom. The number of aliphatic hydroxyl groups excluding tert-OH is 1. The number of aromatic nitrogens is 2. The number of H-pyrrole nitrogens is 1. The molecule has 2 heterocycles. The van der Waals surface area contributed by atoms with E-state index in [0.29, 0.717) is 29.7 Å². The van der Waals surface area contributed by atoms with E-state index in [1.54, 1.807) is 6.07 Å². The van der Waals surface area contributed by atoms with Crippen LogP contribution in [-0.4, -0.2) is 34.3 Å². The van der Waals surface area contributed by atoms with Crippen molar-refractivity contribution in [2.24, 2.45) is 0 Å². The van der Waals surface area contributed by atoms with Crippen molar-refractivity contribution in [1.82, 2.24) is 15.3 Å². The predicted octanol–water partition coefficient (Wildman–Crippen LogP) is 0.361. The zero-order chi connectivity index (χ0) is 12.5. The fraction of sp³-hybridized carbons (Fsp3) is 0.385. The van der Waals surface area contributed by atoms with Crippen LogP contribution in [0.2, 0.25) is 0 Å². The summed E-state index contributed by atoms with van der Waals surface area (Å²) in [6, 6.07) is 7.29. The Balaban J connectivity index is 2.04. The lowest BCUT2D eigenvalue weighted by Crippen LogP contribution is -2.39. The van der Waals surface area contributed by atoms with Crippen molar-refractivity contribution >= 4 is 10.9 Å². The van der Waals surface area contributed by atoms with Crippen molar-refractivity contribution in [2.75, 3.05) is 13.1 Å². The third kappa shape index (κ3) is 2.02. The van der Waals surface area contributed by atoms with E-state index < -0.39 is 0 Å². The molecule has 0 unspecified atom stereocenters. The van der Waals surface area contributed by atoms with Crippen LogP contribution in [0.5, 0.6) is 0 Å². The Morgan fingerprint density at radius 3 is 2.94 bits per heavy atom. The Bertz CT molecular complexity index is 623. The topological polar surface area (TPSA) is 78.0 Å². The summed E-state index contributed by atoms with van der Waals surface area (Å²) in [6.07, 6.45) is 0.259. The quantitative estimate of drug-likeness (QED) is 0.678. The Hall–Kier alpha value is -1.72. The maximum absolute atomic E-state index is 11.9. The van der Waals surface area contributed by atoms with E-state index in [1.807, 2.05) is 18.2 Å². The zero-order valence-corrected chi connectivity index (χ0v) is 9.89. The molecule has 1 aromatic carbocycles. The fourth-order valence-electron chi connectivity index (χ4n) is 2.43. The first-order chi connectivity index (χ1) is 8.74. The maximum Gasteiger partial charge on any atom is 0.258 e. The minimum absolute atomic E-state index is 0.0612. The lowest BCUT2D eigenvalue weighted by atomic mass is 9.96. The van der Waals surface area contributed by atoms with E-state index in [2.05, 4.69) is 15.3 Å². The number of hydrogen-bond donors (Lipinski definition) is 3. The summed E-state index contributed by atoms with van der Waals surface area (Å²) in [7, 11) is 0. The number of para-hydroxylation sites is 1. The van der Waals surface area contributed by atoms with Gasteiger partial charge in [0.25, 0.3) is 5.56 Å². The summed E-state index contributed by atoms with van der Waals surface area (Å²) in [6.45, 7) is 1.34. The molecule has 5 nitrogen and oxygen atoms in total. The van der Waals surface area contributed by atoms with Crippen molar-refractivity contribution in [3.05, 3.63) is 40.4 Å². The van der Waals surface area contributed by atoms with Gasteiger partial charge in [-0.1, -0.05) is 12.1 Å². The fourth-order valence-corrected chi connectivity index (χ4v) is 2.43. The molecule has 5 heteroatoms. The normalized spacial score (nSPS) is 24.3. The van der Waals surface area contributed by atoms with E-state index in [0.717, 1.165) is 6.54 Å². The first kappa shape index (κ1) is 11.4. The van der Waals surface area contributed by atoms with Gasteiger partial charge in [0.05, 0.1) is 17.0 Å². The minimum Gasteiger partial charge on any atom is -0.392 e. The summed E-state index contributed by atoms with van der Waals surface area (Å²) in [5.41, 5.74) is 0.590. The Morgan fingerprint density at radius 1 is 1.28 bits per heavy atom. The molecule has 0 saturated carbocycles. The molecule has 1 saturated heterocycles. The smallest absolute Gasteiger partial charge is 0.258 e. The molecule has 2 aromatic rings. The molecule has 2 atom stereocenters. The van der Waals surface area contributed by atoms with Crippen molar-refractivity contribution < 1.29 is 5.11 Å². The first-order valence-electron chi connectivity index (χ1n) is 6.12. The van der Waals surface area contributed by atoms with E-state index in [9.17, 15) is 9.90 Å². The van der Waals surface area contributed by atoms with Gasteiger partial charge in [-0.15, -0.1) is 0 Å². The number of piperidine rings is 1. The van der Waals surface area contributed by atoms with Gasteiger partial charge in [0.2, 0.25) is 0 Å². The van der Waals surface area contributed by atoms with E-state index in [1.165, 1.54) is 0 Å². The van der Waals surface area contributed by atoms with Crippen LogP contribution >= 0.6 is 0 Å². The van der Waals surface area contributed by atoms with Gasteiger partial charge < -0.3 is 15.4 Å². The molecule has 3 N–H and O–H groups in total. The molecule has 0 aliphatic carbocycles. The molecule has 1 fully saturated rings. The van der Waals surface area contributed by atoms with Crippen LogP contribution in [0.4, 0.5) is 0 Å². The van der Waals surface area contributed by atoms with E-state index >= 15 is 0 Å². The van der Waals surface area contributed by atoms with Gasteiger partial charge >= 0.3 is 0 Å². The first-order valence-corrected chi connectivity index (χ1v) is 6.12. The van der Waals surface area contributed by atoms with Gasteiger partial charge in [-0.25, -0.2) is 4.98 Å². The summed E-state index contributed by atoms with van der Waals surface area (Å²) in [5.74, 6) is 0.719. The molecule has 94 valence electrons. The number of benzene rings is 1. The molecule has 1 aliphatic heterocycles. The van der Waals surface area contributed by atoms with Crippen LogP contribution in [0.25, 0.3) is 10.9 Å². The summed E-state index contributed by atoms with van der Waals surface area (Å²) >= 11 is 0. The van der Waals surface area contributed by atoms with Gasteiger partial charge in [-0.3, -0.25) is 4.79 Å². The van der Waals surface area contributed by atoms with E-state index in [4.69, 9.17) is 0 Å². The Labute approximate surface area is 104 Å². The highest BCUT2D eigenvalue weighted by molar-refractivity contribution is 5.77. The standard InChI is InChI=1S/C13H15N3O2/c17-9-5-8(6-14-7-9)12-15-11-4-2-1-3-10(11)13(18)16-12/h1-4,8-9,14,17H,5-7H2,(H,15,16,18)/t8-,9-/m1/s1. The van der Waals surface area contributed by atoms with Gasteiger partial charge in [-0.05, 0) is 18.6 Å². The largest absolute Gasteiger partial charge is 0.392 e. The van der Waals surface area contributed by atoms with Crippen LogP contribution in [0.15, 0.2) is 29.1 Å². The molecule has 3 rings (SSSR count). The highest BCUT2D eigenvalue weighted by Crippen LogP contribution is 2.20. The number of fused-ring (bicyclic) bond motifs is 1. The van der Waals surface area contributed by atoms with E-state index in [-0.39, 0.29) is 17.6 Å². The Kier molecular flexibility index (Phi) is 2.85. The molecule has 1 aliphatic rings. The lowest BCUT2D eigenvalue weighted by Gasteiger charge is -2.26. The second-order valence-electron chi connectivity index (χ2n) is 4.71. The van der Waals surface area contributed by atoms with Crippen molar-refractivity contribution in [3.8, 4) is 0 Å². The molecule has 18 heavy (non-hydrogen) atoms. The van der Waals surface area contributed by atoms with Crippen LogP contribution in [0.1, 0.15) is 18.2 Å². The lowest BCUT2D eigenvalue weighted by molar-refractivity contribution is 0.130. The number of β-amino-alcohol motifs (C(OH)–C–C–N with tert-alkyl or cyclic N) is 1. The monoisotopic (exact) mass is 245 g/mol. The minimum atomic E-state index is -0.375. The number of aliphatic hydroxyl groups is 1. The number of aromatic amines is 1. The van der Waals surface area contributed by atoms with Gasteiger partial charge in [0.15, 0.2) is 0 Å². The summed E-state index contributed by atoms with van der Waals surface area (Å²) in [4.78, 5) is 19.3. The van der Waals surface area contributed by atoms with Gasteiger partial charge in [0, 0.05) is 19.0 Å². The maximum atomic E-state index is 11.9. The second kappa shape index (κ2) is 4.51.